The smallest absolute Gasteiger partial charge is 0.410 e. The number of para-hydroxylation sites is 2. The van der Waals surface area contributed by atoms with Crippen LogP contribution in [0, 0.1) is 23.3 Å². The molecule has 15 nitrogen and oxygen atoms in total. The maximum absolute atomic E-state index is 14.1. The van der Waals surface area contributed by atoms with Crippen LogP contribution in [0.4, 0.5) is 27.2 Å². The largest absolute Gasteiger partial charge is 0.451 e. The summed E-state index contributed by atoms with van der Waals surface area (Å²) in [4.78, 5) is 55.9. The number of aliphatic hydroxyl groups excluding tert-OH is 1. The summed E-state index contributed by atoms with van der Waals surface area (Å²) in [6.07, 6.45) is 4.95. The average Bonchev–Trinajstić information content (AvgIpc) is 3.09. The van der Waals surface area contributed by atoms with Crippen LogP contribution in [0.1, 0.15) is 156 Å². The number of hydrogen-bond acceptors (Lipinski definition) is 9. The number of hydrogen-bond donors (Lipinski definition) is 3. The Balaban J connectivity index is 0.000000300. The highest BCUT2D eigenvalue weighted by Crippen LogP contribution is 2.39. The fraction of sp³-hybridized carbons (Fsp3) is 0.438. The third kappa shape index (κ3) is 16.3. The van der Waals surface area contributed by atoms with Crippen molar-refractivity contribution in [3.8, 4) is 45.3 Å². The van der Waals surface area contributed by atoms with Gasteiger partial charge in [-0.15, -0.1) is 0 Å². The molecule has 8 rings (SSSR count). The standard InChI is InChI=1S/C32H39F2N3O4.C31H37F2N3O5.CH4.H2/c1-8-26-27(29(38)35-31(2,3)4)23(19-37(26)21-16-17-36(18-21)30(39)41-32(5,6)7)20-12-14-22(15-13-20)40-28-24(33)10-9-11-25(28)34;1-30(2,3)34-28(38)26-22(19-10-12-21(13-11-19)40-27-23(32)8-7-9-24(27)33)17-36(25(26)18-37)20-14-15-35(16-20)29(39)41-31(4,5)6;;/h9-15,19,21H,8,16-18H2,1-7H3,(H,35,38);7-13,17,20,37H,14-16,18H2,1-6H3,(H,34,38);1H4;1H/t21-;20-;;/m11../s1/i;;;1+1. The maximum atomic E-state index is 14.1. The van der Waals surface area contributed by atoms with Crippen molar-refractivity contribution >= 4 is 24.0 Å². The van der Waals surface area contributed by atoms with Gasteiger partial charge in [0.15, 0.2) is 34.8 Å². The first-order valence-electron chi connectivity index (χ1n) is 27.5. The van der Waals surface area contributed by atoms with Gasteiger partial charge >= 0.3 is 12.2 Å². The van der Waals surface area contributed by atoms with Gasteiger partial charge in [0.25, 0.3) is 11.8 Å². The van der Waals surface area contributed by atoms with Crippen molar-refractivity contribution in [1.29, 1.82) is 0 Å². The van der Waals surface area contributed by atoms with E-state index in [2.05, 4.69) is 15.2 Å². The van der Waals surface area contributed by atoms with E-state index >= 15 is 0 Å². The molecular formula is C64H82F4N6O9. The van der Waals surface area contributed by atoms with Crippen molar-refractivity contribution in [1.82, 2.24) is 29.6 Å². The number of rotatable bonds is 12. The second-order valence-electron chi connectivity index (χ2n) is 24.6. The number of aliphatic hydroxyl groups is 1. The zero-order valence-corrected chi connectivity index (χ0v) is 49.1. The van der Waals surface area contributed by atoms with Crippen molar-refractivity contribution in [2.75, 3.05) is 26.2 Å². The lowest BCUT2D eigenvalue weighted by atomic mass is 9.99. The summed E-state index contributed by atoms with van der Waals surface area (Å²) in [5.74, 6) is -4.29. The van der Waals surface area contributed by atoms with Gasteiger partial charge in [-0.05, 0) is 162 Å². The van der Waals surface area contributed by atoms with E-state index in [0.717, 1.165) is 47.5 Å². The Bertz CT molecular complexity index is 3020. The van der Waals surface area contributed by atoms with Gasteiger partial charge in [-0.2, -0.15) is 0 Å². The molecule has 0 unspecified atom stereocenters. The first-order chi connectivity index (χ1) is 38.3. The lowest BCUT2D eigenvalue weighted by Gasteiger charge is -2.25. The lowest BCUT2D eigenvalue weighted by molar-refractivity contribution is 0.0278. The minimum atomic E-state index is -0.822. The zero-order chi connectivity index (χ0) is 60.2. The van der Waals surface area contributed by atoms with E-state index in [1.807, 2.05) is 101 Å². The van der Waals surface area contributed by atoms with E-state index in [1.165, 1.54) is 12.1 Å². The van der Waals surface area contributed by atoms with Gasteiger partial charge in [-0.25, -0.2) is 27.2 Å². The number of ether oxygens (including phenoxy) is 4. The van der Waals surface area contributed by atoms with Gasteiger partial charge in [0, 0.05) is 67.9 Å². The fourth-order valence-electron chi connectivity index (χ4n) is 9.78. The zero-order valence-electron chi connectivity index (χ0n) is 49.1. The monoisotopic (exact) mass is 1160 g/mol. The summed E-state index contributed by atoms with van der Waals surface area (Å²) in [5.41, 5.74) is 2.64. The summed E-state index contributed by atoms with van der Waals surface area (Å²) in [5, 5.41) is 16.5. The number of nitrogens with zero attached hydrogens (tertiary/aromatic N) is 4. The Labute approximate surface area is 486 Å². The third-order valence-corrected chi connectivity index (χ3v) is 13.2. The molecule has 0 radical (unpaired) electrons. The summed E-state index contributed by atoms with van der Waals surface area (Å²) < 4.78 is 82.4. The number of amides is 4. The molecule has 0 saturated carbocycles. The molecule has 2 saturated heterocycles. The molecular weight excluding hydrogens is 1070 g/mol. The molecule has 2 atom stereocenters. The number of carbonyl (C=O) groups is 4. The van der Waals surface area contributed by atoms with Crippen LogP contribution in [0.2, 0.25) is 0 Å². The Hall–Kier alpha value is -7.80. The van der Waals surface area contributed by atoms with Gasteiger partial charge in [-0.3, -0.25) is 9.59 Å². The molecule has 0 bridgehead atoms. The normalized spacial score (nSPS) is 15.4. The summed E-state index contributed by atoms with van der Waals surface area (Å²) in [6, 6.07) is 20.1. The molecule has 83 heavy (non-hydrogen) atoms. The van der Waals surface area contributed by atoms with Crippen LogP contribution in [-0.2, 0) is 22.5 Å². The van der Waals surface area contributed by atoms with Crippen molar-refractivity contribution in [2.45, 2.75) is 158 Å². The summed E-state index contributed by atoms with van der Waals surface area (Å²) in [6.45, 7) is 25.8. The Morgan fingerprint density at radius 3 is 1.20 bits per heavy atom. The number of aromatic nitrogens is 2. The number of likely N-dealkylation sites (tertiary alicyclic amines) is 2. The second kappa shape index (κ2) is 25.8. The van der Waals surface area contributed by atoms with Crippen LogP contribution in [0.5, 0.6) is 23.0 Å². The van der Waals surface area contributed by atoms with Gasteiger partial charge in [0.05, 0.1) is 35.5 Å². The molecule has 2 fully saturated rings. The molecule has 4 heterocycles. The van der Waals surface area contributed by atoms with E-state index in [4.69, 9.17) is 18.9 Å². The Kier molecular flexibility index (Phi) is 20.0. The van der Waals surface area contributed by atoms with Gasteiger partial charge in [0.1, 0.15) is 22.7 Å². The first-order valence-corrected chi connectivity index (χ1v) is 27.5. The van der Waals surface area contributed by atoms with E-state index in [1.54, 1.807) is 64.5 Å². The maximum Gasteiger partial charge on any atom is 0.410 e. The lowest BCUT2D eigenvalue weighted by Crippen LogP contribution is -2.41. The van der Waals surface area contributed by atoms with Gasteiger partial charge < -0.3 is 53.6 Å². The summed E-state index contributed by atoms with van der Waals surface area (Å²) in [7, 11) is 0. The van der Waals surface area contributed by atoms with E-state index in [9.17, 15) is 41.8 Å². The average molecular weight is 1160 g/mol. The van der Waals surface area contributed by atoms with Gasteiger partial charge in [0.2, 0.25) is 0 Å². The molecule has 19 heteroatoms. The minimum absolute atomic E-state index is 0. The van der Waals surface area contributed by atoms with Crippen molar-refractivity contribution in [2.24, 2.45) is 0 Å². The molecule has 3 N–H and O–H groups in total. The molecule has 4 aromatic carbocycles. The number of nitrogens with one attached hydrogen (secondary N) is 2. The Morgan fingerprint density at radius 1 is 0.554 bits per heavy atom. The molecule has 4 amide bonds. The topological polar surface area (TPSA) is 166 Å². The minimum Gasteiger partial charge on any atom is -0.451 e. The number of halogens is 4. The highest BCUT2D eigenvalue weighted by atomic mass is 19.1. The van der Waals surface area contributed by atoms with Crippen molar-refractivity contribution in [3.05, 3.63) is 143 Å². The first kappa shape index (κ1) is 64.4. The van der Waals surface area contributed by atoms with E-state index in [0.29, 0.717) is 67.0 Å². The quantitative estimate of drug-likeness (QED) is 0.101. The molecule has 2 aliphatic heterocycles. The SMILES string of the molecule is C.CC(C)(C)NC(=O)c1c(-c2ccc(Oc3c(F)cccc3F)cc2)cn([C@@H]2CCN(C(=O)OC(C)(C)C)C2)c1CO.CCc1c(C(=O)NC(C)(C)C)c(-c2ccc(Oc3c(F)cccc3F)cc2)cn1[C@@H]1CCN(C(=O)OC(C)(C)C)C1.[2HH]. The van der Waals surface area contributed by atoms with Crippen LogP contribution in [0.3, 0.4) is 0 Å². The third-order valence-electron chi connectivity index (χ3n) is 13.2. The highest BCUT2D eigenvalue weighted by Gasteiger charge is 2.36. The molecule has 450 valence electrons. The van der Waals surface area contributed by atoms with E-state index < -0.39 is 69.7 Å². The number of benzene rings is 4. The molecule has 6 aromatic rings. The predicted molar refractivity (Wildman–Crippen MR) is 314 cm³/mol. The fourth-order valence-corrected chi connectivity index (χ4v) is 9.78. The van der Waals surface area contributed by atoms with Gasteiger partial charge in [-0.1, -0.05) is 50.7 Å². The van der Waals surface area contributed by atoms with E-state index in [-0.39, 0.29) is 50.3 Å². The highest BCUT2D eigenvalue weighted by molar-refractivity contribution is 6.03. The molecule has 0 spiro atoms. The molecule has 2 aromatic heterocycles. The Morgan fingerprint density at radius 2 is 0.892 bits per heavy atom. The van der Waals surface area contributed by atoms with Crippen molar-refractivity contribution < 1.29 is 62.2 Å². The predicted octanol–water partition coefficient (Wildman–Crippen LogP) is 14.8. The van der Waals surface area contributed by atoms with Crippen LogP contribution in [-0.4, -0.2) is 96.5 Å². The van der Waals surface area contributed by atoms with Crippen molar-refractivity contribution in [3.63, 3.8) is 0 Å². The number of carbonyl (C=O) groups excluding carboxylic acids is 4. The van der Waals surface area contributed by atoms with Crippen LogP contribution >= 0.6 is 0 Å². The summed E-state index contributed by atoms with van der Waals surface area (Å²) >= 11 is 0. The molecule has 0 aliphatic carbocycles. The van der Waals surface area contributed by atoms with Crippen LogP contribution in [0.15, 0.2) is 97.3 Å². The van der Waals surface area contributed by atoms with Crippen LogP contribution in [0.25, 0.3) is 22.3 Å². The molecule has 2 aliphatic rings. The second-order valence-corrected chi connectivity index (χ2v) is 24.6. The van der Waals surface area contributed by atoms with Crippen LogP contribution < -0.4 is 20.1 Å².